The zero-order valence-electron chi connectivity index (χ0n) is 22.4. The number of hydrogen-bond donors (Lipinski definition) is 1. The number of nitrogens with one attached hydrogen (secondary N) is 1. The van der Waals surface area contributed by atoms with Gasteiger partial charge in [0.1, 0.15) is 12.4 Å². The van der Waals surface area contributed by atoms with E-state index in [-0.39, 0.29) is 18.4 Å². The Morgan fingerprint density at radius 2 is 1.64 bits per heavy atom. The summed E-state index contributed by atoms with van der Waals surface area (Å²) >= 11 is 0. The minimum absolute atomic E-state index is 0.0846. The Morgan fingerprint density at radius 1 is 0.923 bits per heavy atom. The average molecular weight is 524 g/mol. The van der Waals surface area contributed by atoms with E-state index in [0.717, 1.165) is 28.0 Å². The van der Waals surface area contributed by atoms with E-state index in [4.69, 9.17) is 9.47 Å². The fraction of sp³-hybridized carbons (Fsp3) is 0.219. The van der Waals surface area contributed by atoms with Gasteiger partial charge < -0.3 is 19.9 Å². The molecule has 0 aliphatic heterocycles. The lowest BCUT2D eigenvalue weighted by molar-refractivity contribution is -0.764. The highest BCUT2D eigenvalue weighted by Crippen LogP contribution is 2.30. The average Bonchev–Trinajstić information content (AvgIpc) is 2.95. The third-order valence-corrected chi connectivity index (χ3v) is 6.01. The number of ether oxygens (including phenoxy) is 2. The molecule has 0 bridgehead atoms. The van der Waals surface area contributed by atoms with Crippen LogP contribution >= 0.6 is 0 Å². The first-order valence-corrected chi connectivity index (χ1v) is 12.9. The highest BCUT2D eigenvalue weighted by atomic mass is 16.6. The van der Waals surface area contributed by atoms with Crippen LogP contribution in [0, 0.1) is 5.92 Å². The first kappa shape index (κ1) is 27.4. The predicted molar refractivity (Wildman–Crippen MR) is 150 cm³/mol. The van der Waals surface area contributed by atoms with Gasteiger partial charge in [-0.15, -0.1) is 0 Å². The van der Waals surface area contributed by atoms with Gasteiger partial charge in [-0.2, -0.15) is 4.57 Å². The number of aromatic nitrogens is 1. The van der Waals surface area contributed by atoms with Crippen molar-refractivity contribution in [3.05, 3.63) is 115 Å². The minimum Gasteiger partial charge on any atom is -0.846 e. The number of pyridine rings is 1. The maximum Gasteiger partial charge on any atom is 0.307 e. The molecular weight excluding hydrogens is 490 g/mol. The third-order valence-electron chi connectivity index (χ3n) is 6.01. The van der Waals surface area contributed by atoms with Gasteiger partial charge in [-0.3, -0.25) is 9.79 Å². The van der Waals surface area contributed by atoms with E-state index in [0.29, 0.717) is 12.3 Å². The molecule has 7 nitrogen and oxygen atoms in total. The second kappa shape index (κ2) is 13.2. The van der Waals surface area contributed by atoms with Crippen LogP contribution in [0.3, 0.4) is 0 Å². The summed E-state index contributed by atoms with van der Waals surface area (Å²) in [5.74, 6) is 0.557. The van der Waals surface area contributed by atoms with Crippen molar-refractivity contribution in [2.75, 3.05) is 5.32 Å². The summed E-state index contributed by atoms with van der Waals surface area (Å²) in [5.41, 5.74) is 4.60. The fourth-order valence-corrected chi connectivity index (χ4v) is 4.13. The fourth-order valence-electron chi connectivity index (χ4n) is 4.13. The smallest absolute Gasteiger partial charge is 0.307 e. The van der Waals surface area contributed by atoms with Crippen molar-refractivity contribution in [3.8, 4) is 16.9 Å². The zero-order valence-corrected chi connectivity index (χ0v) is 22.4. The molecule has 0 spiro atoms. The number of rotatable bonds is 10. The molecule has 1 N–H and O–H groups in total. The molecule has 1 unspecified atom stereocenters. The number of carbonyl (C=O) groups excluding carboxylic acids is 1. The molecular formula is C32H33N3O4. The lowest BCUT2D eigenvalue weighted by Crippen LogP contribution is -2.44. The van der Waals surface area contributed by atoms with Gasteiger partial charge in [-0.05, 0) is 35.4 Å². The van der Waals surface area contributed by atoms with Crippen LogP contribution in [-0.4, -0.2) is 12.0 Å². The summed E-state index contributed by atoms with van der Waals surface area (Å²) in [6.45, 7) is 5.95. The zero-order chi connectivity index (χ0) is 27.6. The lowest BCUT2D eigenvalue weighted by Gasteiger charge is -2.16. The molecule has 1 aromatic heterocycles. The standard InChI is InChI=1S/C32H33N3O4/c1-23(2)31(39-24(3)36)35-19-9-10-26(21-35)20-33-32(37)34-28-17-15-25(16-18-28)22-38-30-14-8-7-13-29(30)27-11-5-4-6-12-27/h4-19,21,23,31H,20,22H2,1-3H3,(H-,33,34,37). The number of esters is 1. The summed E-state index contributed by atoms with van der Waals surface area (Å²) in [7, 11) is 0. The van der Waals surface area contributed by atoms with Crippen molar-refractivity contribution in [2.45, 2.75) is 40.2 Å². The molecule has 4 aromatic rings. The molecule has 200 valence electrons. The molecule has 7 heteroatoms. The Labute approximate surface area is 229 Å². The molecule has 4 rings (SSSR count). The van der Waals surface area contributed by atoms with Gasteiger partial charge in [0.2, 0.25) is 0 Å². The van der Waals surface area contributed by atoms with Crippen molar-refractivity contribution in [2.24, 2.45) is 10.9 Å². The molecule has 0 radical (unpaired) electrons. The second-order valence-corrected chi connectivity index (χ2v) is 9.50. The number of carbonyl (C=O) groups is 1. The van der Waals surface area contributed by atoms with Crippen LogP contribution in [0.25, 0.3) is 11.1 Å². The monoisotopic (exact) mass is 523 g/mol. The van der Waals surface area contributed by atoms with Crippen molar-refractivity contribution in [3.63, 3.8) is 0 Å². The van der Waals surface area contributed by atoms with E-state index in [2.05, 4.69) is 22.4 Å². The van der Waals surface area contributed by atoms with Crippen LogP contribution in [0.1, 0.15) is 38.1 Å². The molecule has 0 amide bonds. The highest BCUT2D eigenvalue weighted by Gasteiger charge is 2.25. The van der Waals surface area contributed by atoms with Crippen molar-refractivity contribution in [1.82, 2.24) is 0 Å². The van der Waals surface area contributed by atoms with Gasteiger partial charge in [0.15, 0.2) is 12.4 Å². The SMILES string of the molecule is CC(=O)OC(C(C)C)[n+]1cccc(CN=C([O-])Nc2ccc(COc3ccccc3-c3ccccc3)cc2)c1. The molecule has 1 atom stereocenters. The van der Waals surface area contributed by atoms with E-state index in [1.807, 2.05) is 110 Å². The van der Waals surface area contributed by atoms with Crippen LogP contribution in [0.15, 0.2) is 108 Å². The second-order valence-electron chi connectivity index (χ2n) is 9.50. The largest absolute Gasteiger partial charge is 0.846 e. The van der Waals surface area contributed by atoms with E-state index in [9.17, 15) is 9.90 Å². The van der Waals surface area contributed by atoms with Gasteiger partial charge in [-0.25, -0.2) is 0 Å². The molecule has 0 saturated carbocycles. The van der Waals surface area contributed by atoms with Crippen LogP contribution in [0.2, 0.25) is 0 Å². The summed E-state index contributed by atoms with van der Waals surface area (Å²) in [4.78, 5) is 15.6. The lowest BCUT2D eigenvalue weighted by atomic mass is 10.0. The van der Waals surface area contributed by atoms with Gasteiger partial charge in [-0.1, -0.05) is 74.5 Å². The van der Waals surface area contributed by atoms with Crippen molar-refractivity contribution >= 4 is 17.7 Å². The topological polar surface area (TPSA) is 86.9 Å². The molecule has 0 aliphatic rings. The van der Waals surface area contributed by atoms with Crippen LogP contribution in [0.4, 0.5) is 5.69 Å². The summed E-state index contributed by atoms with van der Waals surface area (Å²) in [6, 6.07) is 28.9. The number of anilines is 1. The molecule has 0 aliphatic carbocycles. The Hall–Kier alpha value is -4.65. The third kappa shape index (κ3) is 7.92. The van der Waals surface area contributed by atoms with Crippen LogP contribution < -0.4 is 19.7 Å². The maximum absolute atomic E-state index is 12.4. The predicted octanol–water partition coefficient (Wildman–Crippen LogP) is 5.27. The number of nitrogens with zero attached hydrogens (tertiary/aromatic N) is 2. The Kier molecular flexibility index (Phi) is 9.29. The maximum atomic E-state index is 12.4. The Balaban J connectivity index is 1.34. The molecule has 3 aromatic carbocycles. The summed E-state index contributed by atoms with van der Waals surface area (Å²) < 4.78 is 13.4. The van der Waals surface area contributed by atoms with Crippen LogP contribution in [-0.2, 0) is 22.7 Å². The first-order chi connectivity index (χ1) is 18.9. The number of aliphatic imine (C=N–C) groups is 1. The number of para-hydroxylation sites is 1. The molecule has 0 fully saturated rings. The van der Waals surface area contributed by atoms with E-state index in [1.165, 1.54) is 6.92 Å². The van der Waals surface area contributed by atoms with Gasteiger partial charge in [0, 0.05) is 29.8 Å². The number of hydrogen-bond acceptors (Lipinski definition) is 5. The first-order valence-electron chi connectivity index (χ1n) is 12.9. The Bertz CT molecular complexity index is 1400. The number of benzene rings is 3. The normalized spacial score (nSPS) is 12.2. The minimum atomic E-state index is -0.438. The highest BCUT2D eigenvalue weighted by molar-refractivity contribution is 5.85. The molecule has 1 heterocycles. The number of amidine groups is 1. The van der Waals surface area contributed by atoms with Gasteiger partial charge in [0.05, 0.1) is 18.5 Å². The van der Waals surface area contributed by atoms with Crippen LogP contribution in [0.5, 0.6) is 5.75 Å². The van der Waals surface area contributed by atoms with Crippen molar-refractivity contribution < 1.29 is 23.9 Å². The molecule has 39 heavy (non-hydrogen) atoms. The quantitative estimate of drug-likeness (QED) is 0.133. The van der Waals surface area contributed by atoms with Gasteiger partial charge in [0.25, 0.3) is 0 Å². The van der Waals surface area contributed by atoms with Crippen molar-refractivity contribution in [1.29, 1.82) is 0 Å². The summed E-state index contributed by atoms with van der Waals surface area (Å²) in [6.07, 6.45) is 3.25. The summed E-state index contributed by atoms with van der Waals surface area (Å²) in [5, 5.41) is 15.3. The van der Waals surface area contributed by atoms with E-state index < -0.39 is 12.2 Å². The van der Waals surface area contributed by atoms with E-state index in [1.54, 1.807) is 0 Å². The van der Waals surface area contributed by atoms with E-state index >= 15 is 0 Å². The Morgan fingerprint density at radius 3 is 2.36 bits per heavy atom. The van der Waals surface area contributed by atoms with Gasteiger partial charge >= 0.3 is 12.2 Å². The molecule has 0 saturated heterocycles.